The van der Waals surface area contributed by atoms with Crippen LogP contribution in [-0.2, 0) is 14.3 Å². The SMILES string of the molecule is CC(C)NC(CCCCNC(=O)CCOCCN=[N+]=[N-])C(N)=O. The van der Waals surface area contributed by atoms with Crippen molar-refractivity contribution in [2.45, 2.75) is 51.6 Å². The summed E-state index contributed by atoms with van der Waals surface area (Å²) >= 11 is 0. The maximum atomic E-state index is 11.5. The molecule has 2 amide bonds. The first kappa shape index (κ1) is 21.2. The molecule has 0 rings (SSSR count). The summed E-state index contributed by atoms with van der Waals surface area (Å²) in [6, 6.07) is -0.124. The highest BCUT2D eigenvalue weighted by Gasteiger charge is 2.15. The van der Waals surface area contributed by atoms with Gasteiger partial charge in [0.2, 0.25) is 11.8 Å². The number of amides is 2. The van der Waals surface area contributed by atoms with Crippen LogP contribution in [0.3, 0.4) is 0 Å². The van der Waals surface area contributed by atoms with Crippen molar-refractivity contribution in [1.82, 2.24) is 10.6 Å². The molecule has 0 saturated carbocycles. The topological polar surface area (TPSA) is 142 Å². The normalized spacial score (nSPS) is 11.8. The molecule has 0 aromatic rings. The van der Waals surface area contributed by atoms with E-state index in [1.807, 2.05) is 13.8 Å². The number of hydrogen-bond acceptors (Lipinski definition) is 5. The first-order chi connectivity index (χ1) is 11.0. The van der Waals surface area contributed by atoms with Gasteiger partial charge < -0.3 is 21.1 Å². The fraction of sp³-hybridized carbons (Fsp3) is 0.857. The van der Waals surface area contributed by atoms with E-state index in [4.69, 9.17) is 16.0 Å². The molecule has 0 aromatic carbocycles. The van der Waals surface area contributed by atoms with E-state index in [0.717, 1.165) is 12.8 Å². The molecule has 0 bridgehead atoms. The zero-order valence-electron chi connectivity index (χ0n) is 14.0. The van der Waals surface area contributed by atoms with Crippen LogP contribution in [-0.4, -0.2) is 50.2 Å². The number of carbonyl (C=O) groups is 2. The lowest BCUT2D eigenvalue weighted by Gasteiger charge is -2.18. The van der Waals surface area contributed by atoms with Gasteiger partial charge >= 0.3 is 0 Å². The molecule has 0 saturated heterocycles. The molecule has 1 unspecified atom stereocenters. The van der Waals surface area contributed by atoms with Gasteiger partial charge in [0.25, 0.3) is 0 Å². The molecule has 0 heterocycles. The van der Waals surface area contributed by atoms with Gasteiger partial charge in [0.15, 0.2) is 0 Å². The Morgan fingerprint density at radius 1 is 1.30 bits per heavy atom. The summed E-state index contributed by atoms with van der Waals surface area (Å²) < 4.78 is 5.14. The summed E-state index contributed by atoms with van der Waals surface area (Å²) in [4.78, 5) is 25.4. The molecule has 0 radical (unpaired) electrons. The summed E-state index contributed by atoms with van der Waals surface area (Å²) in [5.41, 5.74) is 13.4. The summed E-state index contributed by atoms with van der Waals surface area (Å²) in [5, 5.41) is 9.23. The number of ether oxygens (including phenoxy) is 1. The van der Waals surface area contributed by atoms with Gasteiger partial charge in [-0.15, -0.1) is 0 Å². The Labute approximate surface area is 136 Å². The predicted octanol–water partition coefficient (Wildman–Crippen LogP) is 0.842. The molecule has 23 heavy (non-hydrogen) atoms. The van der Waals surface area contributed by atoms with E-state index < -0.39 is 0 Å². The van der Waals surface area contributed by atoms with Gasteiger partial charge in [-0.25, -0.2) is 0 Å². The Bertz CT molecular complexity index is 396. The maximum Gasteiger partial charge on any atom is 0.234 e. The minimum Gasteiger partial charge on any atom is -0.381 e. The quantitative estimate of drug-likeness (QED) is 0.188. The van der Waals surface area contributed by atoms with Crippen molar-refractivity contribution in [3.05, 3.63) is 10.4 Å². The molecule has 4 N–H and O–H groups in total. The van der Waals surface area contributed by atoms with Crippen LogP contribution in [0.25, 0.3) is 10.4 Å². The van der Waals surface area contributed by atoms with Crippen molar-refractivity contribution >= 4 is 11.8 Å². The highest BCUT2D eigenvalue weighted by Crippen LogP contribution is 2.01. The largest absolute Gasteiger partial charge is 0.381 e. The molecule has 0 aliphatic carbocycles. The van der Waals surface area contributed by atoms with Gasteiger partial charge in [0, 0.05) is 30.5 Å². The van der Waals surface area contributed by atoms with E-state index in [1.54, 1.807) is 0 Å². The van der Waals surface area contributed by atoms with Crippen LogP contribution in [0.2, 0.25) is 0 Å². The lowest BCUT2D eigenvalue weighted by Crippen LogP contribution is -2.44. The zero-order valence-corrected chi connectivity index (χ0v) is 14.0. The van der Waals surface area contributed by atoms with Crippen LogP contribution in [0.15, 0.2) is 5.11 Å². The molecule has 0 spiro atoms. The summed E-state index contributed by atoms with van der Waals surface area (Å²) in [7, 11) is 0. The third kappa shape index (κ3) is 13.5. The van der Waals surface area contributed by atoms with E-state index in [2.05, 4.69) is 20.7 Å². The summed E-state index contributed by atoms with van der Waals surface area (Å²) in [6.45, 7) is 5.37. The molecule has 0 aliphatic rings. The van der Waals surface area contributed by atoms with Crippen molar-refractivity contribution in [1.29, 1.82) is 0 Å². The lowest BCUT2D eigenvalue weighted by molar-refractivity contribution is -0.122. The van der Waals surface area contributed by atoms with E-state index >= 15 is 0 Å². The van der Waals surface area contributed by atoms with Gasteiger partial charge in [0.05, 0.1) is 19.3 Å². The first-order valence-corrected chi connectivity index (χ1v) is 7.88. The molecule has 0 fully saturated rings. The molecule has 1 atom stereocenters. The third-order valence-electron chi connectivity index (χ3n) is 2.99. The monoisotopic (exact) mass is 328 g/mol. The smallest absolute Gasteiger partial charge is 0.234 e. The molecular weight excluding hydrogens is 300 g/mol. The van der Waals surface area contributed by atoms with Crippen LogP contribution in [0.1, 0.15) is 39.5 Å². The average molecular weight is 328 g/mol. The number of nitrogens with one attached hydrogen (secondary N) is 2. The second kappa shape index (κ2) is 13.8. The van der Waals surface area contributed by atoms with Crippen molar-refractivity contribution in [2.75, 3.05) is 26.3 Å². The Morgan fingerprint density at radius 2 is 2.04 bits per heavy atom. The minimum absolute atomic E-state index is 0.0828. The Balaban J connectivity index is 3.60. The van der Waals surface area contributed by atoms with E-state index in [9.17, 15) is 9.59 Å². The van der Waals surface area contributed by atoms with Gasteiger partial charge in [0.1, 0.15) is 0 Å². The molecular formula is C14H28N6O3. The lowest BCUT2D eigenvalue weighted by atomic mass is 10.1. The number of primary amides is 1. The zero-order chi connectivity index (χ0) is 17.5. The number of azide groups is 1. The highest BCUT2D eigenvalue weighted by atomic mass is 16.5. The second-order valence-corrected chi connectivity index (χ2v) is 5.44. The predicted molar refractivity (Wildman–Crippen MR) is 87.6 cm³/mol. The van der Waals surface area contributed by atoms with Crippen LogP contribution in [0, 0.1) is 0 Å². The fourth-order valence-corrected chi connectivity index (χ4v) is 1.92. The van der Waals surface area contributed by atoms with Gasteiger partial charge in [-0.3, -0.25) is 9.59 Å². The standard InChI is InChI=1S/C14H28N6O3/c1-11(2)19-12(14(15)22)5-3-4-7-17-13(21)6-9-23-10-8-18-20-16/h11-12,19H,3-10H2,1-2H3,(H2,15,22)(H,17,21). The van der Waals surface area contributed by atoms with Crippen molar-refractivity contribution in [3.63, 3.8) is 0 Å². The van der Waals surface area contributed by atoms with E-state index in [0.29, 0.717) is 26.2 Å². The van der Waals surface area contributed by atoms with Crippen LogP contribution >= 0.6 is 0 Å². The van der Waals surface area contributed by atoms with Crippen molar-refractivity contribution in [2.24, 2.45) is 10.8 Å². The molecule has 9 nitrogen and oxygen atoms in total. The van der Waals surface area contributed by atoms with Crippen LogP contribution < -0.4 is 16.4 Å². The molecule has 9 heteroatoms. The minimum atomic E-state index is -0.347. The van der Waals surface area contributed by atoms with Gasteiger partial charge in [-0.1, -0.05) is 19.0 Å². The average Bonchev–Trinajstić information content (AvgIpc) is 2.48. The van der Waals surface area contributed by atoms with Crippen LogP contribution in [0.5, 0.6) is 0 Å². The van der Waals surface area contributed by atoms with Crippen molar-refractivity contribution in [3.8, 4) is 0 Å². The Hall–Kier alpha value is -1.83. The Morgan fingerprint density at radius 3 is 2.65 bits per heavy atom. The van der Waals surface area contributed by atoms with Crippen LogP contribution in [0.4, 0.5) is 0 Å². The third-order valence-corrected chi connectivity index (χ3v) is 2.99. The highest BCUT2D eigenvalue weighted by molar-refractivity contribution is 5.79. The molecule has 0 aliphatic heterocycles. The number of unbranched alkanes of at least 4 members (excludes halogenated alkanes) is 1. The number of rotatable bonds is 14. The summed E-state index contributed by atoms with van der Waals surface area (Å²) in [6.07, 6.45) is 2.52. The van der Waals surface area contributed by atoms with Gasteiger partial charge in [-0.2, -0.15) is 0 Å². The number of nitrogens with zero attached hydrogens (tertiary/aromatic N) is 3. The fourth-order valence-electron chi connectivity index (χ4n) is 1.92. The van der Waals surface area contributed by atoms with E-state index in [-0.39, 0.29) is 36.9 Å². The first-order valence-electron chi connectivity index (χ1n) is 7.88. The molecule has 0 aromatic heterocycles. The Kier molecular flexibility index (Phi) is 12.7. The number of nitrogens with two attached hydrogens (primary N) is 1. The maximum absolute atomic E-state index is 11.5. The number of hydrogen-bond donors (Lipinski definition) is 3. The van der Waals surface area contributed by atoms with Crippen molar-refractivity contribution < 1.29 is 14.3 Å². The van der Waals surface area contributed by atoms with E-state index in [1.165, 1.54) is 0 Å². The van der Waals surface area contributed by atoms with Gasteiger partial charge in [-0.05, 0) is 24.8 Å². The molecule has 132 valence electrons. The summed E-state index contributed by atoms with van der Waals surface area (Å²) in [5.74, 6) is -0.429. The second-order valence-electron chi connectivity index (χ2n) is 5.44. The number of carbonyl (C=O) groups excluding carboxylic acids is 2.